The van der Waals surface area contributed by atoms with E-state index in [0.717, 1.165) is 78.7 Å². The number of allylic oxidation sites excluding steroid dienone is 1. The molecule has 334 valence electrons. The first-order valence-electron chi connectivity index (χ1n) is 23.2. The average molecular weight is 851 g/mol. The second-order valence-corrected chi connectivity index (χ2v) is 17.9. The Morgan fingerprint density at radius 1 is 0.952 bits per heavy atom. The molecule has 3 aromatic rings. The Bertz CT molecular complexity index is 2040. The van der Waals surface area contributed by atoms with E-state index in [4.69, 9.17) is 24.2 Å². The maximum Gasteiger partial charge on any atom is 0.239 e. The fourth-order valence-corrected chi connectivity index (χ4v) is 10.7. The van der Waals surface area contributed by atoms with E-state index in [1.165, 1.54) is 30.5 Å². The highest BCUT2D eigenvalue weighted by Gasteiger charge is 2.65. The predicted molar refractivity (Wildman–Crippen MR) is 241 cm³/mol. The number of nitrogens with zero attached hydrogens (tertiary/aromatic N) is 2. The number of hydrogen-bond donors (Lipinski definition) is 2. The number of aryl methyl sites for hydroxylation is 2. The summed E-state index contributed by atoms with van der Waals surface area (Å²) in [6.07, 6.45) is 15.0. The lowest BCUT2D eigenvalue weighted by Crippen LogP contribution is -2.70. The zero-order chi connectivity index (χ0) is 43.6. The van der Waals surface area contributed by atoms with E-state index < -0.39 is 17.7 Å². The molecule has 3 aliphatic carbocycles. The van der Waals surface area contributed by atoms with Crippen molar-refractivity contribution < 1.29 is 38.4 Å². The van der Waals surface area contributed by atoms with E-state index in [-0.39, 0.29) is 55.8 Å². The molecule has 0 bridgehead atoms. The molecular weight excluding hydrogens is 784 g/mol. The van der Waals surface area contributed by atoms with E-state index in [9.17, 15) is 14.6 Å². The predicted octanol–water partition coefficient (Wildman–Crippen LogP) is 10.9. The van der Waals surface area contributed by atoms with Crippen LogP contribution >= 0.6 is 0 Å². The number of halogens is 1. The van der Waals surface area contributed by atoms with Crippen LogP contribution in [0.4, 0.5) is 4.39 Å². The molecule has 0 aromatic heterocycles. The van der Waals surface area contributed by atoms with Crippen LogP contribution < -0.4 is 9.47 Å². The zero-order valence-electron chi connectivity index (χ0n) is 37.0. The number of rotatable bonds is 21. The van der Waals surface area contributed by atoms with E-state index in [2.05, 4.69) is 44.7 Å². The average Bonchev–Trinajstić information content (AvgIpc) is 3.80. The maximum absolute atomic E-state index is 15.0. The monoisotopic (exact) mass is 850 g/mol. The third-order valence-corrected chi connectivity index (χ3v) is 13.9. The lowest BCUT2D eigenvalue weighted by Gasteiger charge is -2.60. The quantitative estimate of drug-likeness (QED) is 0.0624. The van der Waals surface area contributed by atoms with E-state index in [1.54, 1.807) is 18.2 Å². The summed E-state index contributed by atoms with van der Waals surface area (Å²) in [4.78, 5) is 22.9. The molecule has 7 rings (SSSR count). The van der Waals surface area contributed by atoms with Crippen molar-refractivity contribution in [1.29, 1.82) is 0 Å². The Morgan fingerprint density at radius 2 is 1.68 bits per heavy atom. The highest BCUT2D eigenvalue weighted by Crippen LogP contribution is 2.62. The first kappa shape index (κ1) is 45.5. The zero-order valence-corrected chi connectivity index (χ0v) is 37.0. The van der Waals surface area contributed by atoms with Gasteiger partial charge in [0.1, 0.15) is 35.7 Å². The summed E-state index contributed by atoms with van der Waals surface area (Å²) in [6.45, 7) is 11.1. The standard InChI is InChI=1S/C52H67FN2O7/c1-5-29-59-52-48(55(34-38-18-21-40(53)22-19-38)49(58)26-20-37-13-7-8-14-37)33-46(54-60-6-2)44-31-39(15-9-11-27-56)43(16-10-12-28-57)50(51(44)52)45-32-42(24-25-47(45)62-52)61-41-23-17-35(3)36(4)30-41/h5,17-19,21-25,30-32,37,39,43,48,50-51,56-57H,1,6-16,20,26-29,33-34H2,2-4H3. The Balaban J connectivity index is 1.43. The van der Waals surface area contributed by atoms with Crippen molar-refractivity contribution in [3.05, 3.63) is 113 Å². The Kier molecular flexibility index (Phi) is 15.6. The number of aliphatic hydroxyl groups is 2. The molecule has 1 aliphatic heterocycles. The molecule has 1 amide bonds. The normalized spacial score (nSPS) is 24.8. The van der Waals surface area contributed by atoms with Gasteiger partial charge in [0.25, 0.3) is 0 Å². The van der Waals surface area contributed by atoms with Crippen LogP contribution in [0.25, 0.3) is 0 Å². The van der Waals surface area contributed by atoms with Gasteiger partial charge in [0.2, 0.25) is 11.7 Å². The number of benzene rings is 3. The van der Waals surface area contributed by atoms with Gasteiger partial charge in [0.05, 0.1) is 18.2 Å². The molecule has 2 fully saturated rings. The number of amides is 1. The summed E-state index contributed by atoms with van der Waals surface area (Å²) in [5.41, 5.74) is 5.88. The van der Waals surface area contributed by atoms with Crippen LogP contribution in [0.5, 0.6) is 17.2 Å². The van der Waals surface area contributed by atoms with Gasteiger partial charge in [-0.1, -0.05) is 74.0 Å². The SMILES string of the molecule is C=CCOC12Oc3ccc(Oc4ccc(C)c(C)c4)cc3C3C(CCCCO)C(CCCCO)C=C(C(=NOCC)CC1N(Cc1ccc(F)cc1)C(=O)CCC1CCCC1)C32. The third-order valence-electron chi connectivity index (χ3n) is 13.9. The second kappa shape index (κ2) is 21.2. The molecule has 4 aliphatic rings. The first-order valence-corrected chi connectivity index (χ1v) is 23.2. The lowest BCUT2D eigenvalue weighted by molar-refractivity contribution is -0.258. The number of aliphatic hydroxyl groups excluding tert-OH is 2. The van der Waals surface area contributed by atoms with E-state index >= 15 is 4.79 Å². The molecule has 0 radical (unpaired) electrons. The van der Waals surface area contributed by atoms with Gasteiger partial charge in [-0.15, -0.1) is 6.58 Å². The third kappa shape index (κ3) is 10.1. The highest BCUT2D eigenvalue weighted by molar-refractivity contribution is 6.03. The molecule has 9 nitrogen and oxygen atoms in total. The van der Waals surface area contributed by atoms with Crippen LogP contribution in [0, 0.1) is 43.3 Å². The summed E-state index contributed by atoms with van der Waals surface area (Å²) >= 11 is 0. The smallest absolute Gasteiger partial charge is 0.239 e. The molecule has 6 unspecified atom stereocenters. The molecule has 6 atom stereocenters. The van der Waals surface area contributed by atoms with Crippen molar-refractivity contribution in [2.75, 3.05) is 26.4 Å². The van der Waals surface area contributed by atoms with Crippen LogP contribution in [-0.4, -0.2) is 65.0 Å². The Hall–Kier alpha value is -4.51. The number of carbonyl (C=O) groups is 1. The second-order valence-electron chi connectivity index (χ2n) is 17.9. The van der Waals surface area contributed by atoms with Crippen molar-refractivity contribution in [3.63, 3.8) is 0 Å². The van der Waals surface area contributed by atoms with Gasteiger partial charge in [0.15, 0.2) is 0 Å². The summed E-state index contributed by atoms with van der Waals surface area (Å²) in [5, 5.41) is 24.8. The van der Waals surface area contributed by atoms with Gasteiger partial charge in [-0.25, -0.2) is 4.39 Å². The Labute approximate surface area is 368 Å². The highest BCUT2D eigenvalue weighted by atomic mass is 19.1. The summed E-state index contributed by atoms with van der Waals surface area (Å²) in [5.74, 6) is 0.463. The maximum atomic E-state index is 15.0. The number of ether oxygens (including phenoxy) is 3. The van der Waals surface area contributed by atoms with Crippen LogP contribution in [-0.2, 0) is 20.9 Å². The van der Waals surface area contributed by atoms with Crippen molar-refractivity contribution in [2.45, 2.75) is 129 Å². The van der Waals surface area contributed by atoms with E-state index in [1.807, 2.05) is 30.0 Å². The fourth-order valence-electron chi connectivity index (χ4n) is 10.7. The lowest BCUT2D eigenvalue weighted by atomic mass is 9.55. The van der Waals surface area contributed by atoms with Crippen LogP contribution in [0.15, 0.2) is 90.1 Å². The van der Waals surface area contributed by atoms with Gasteiger partial charge >= 0.3 is 0 Å². The Morgan fingerprint density at radius 3 is 2.39 bits per heavy atom. The summed E-state index contributed by atoms with van der Waals surface area (Å²) in [7, 11) is 0. The van der Waals surface area contributed by atoms with Gasteiger partial charge in [-0.2, -0.15) is 0 Å². The van der Waals surface area contributed by atoms with Crippen molar-refractivity contribution >= 4 is 11.6 Å². The summed E-state index contributed by atoms with van der Waals surface area (Å²) in [6, 6.07) is 17.9. The largest absolute Gasteiger partial charge is 0.459 e. The van der Waals surface area contributed by atoms with Crippen molar-refractivity contribution in [1.82, 2.24) is 4.90 Å². The van der Waals surface area contributed by atoms with Crippen LogP contribution in [0.3, 0.4) is 0 Å². The molecule has 2 saturated carbocycles. The molecule has 0 spiro atoms. The van der Waals surface area contributed by atoms with Gasteiger partial charge in [-0.05, 0) is 135 Å². The molecule has 2 N–H and O–H groups in total. The van der Waals surface area contributed by atoms with E-state index in [0.29, 0.717) is 49.7 Å². The molecule has 0 saturated heterocycles. The van der Waals surface area contributed by atoms with Crippen LogP contribution in [0.2, 0.25) is 0 Å². The fraction of sp³-hybridized carbons (Fsp3) is 0.538. The minimum Gasteiger partial charge on any atom is -0.459 e. The topological polar surface area (TPSA) is 110 Å². The van der Waals surface area contributed by atoms with Gasteiger partial charge in [0, 0.05) is 44.1 Å². The number of fused-ring (bicyclic) bond motifs is 2. The minimum absolute atomic E-state index is 0.00346. The molecule has 3 aromatic carbocycles. The molecule has 1 heterocycles. The minimum atomic E-state index is -1.38. The van der Waals surface area contributed by atoms with Gasteiger partial charge in [-0.3, -0.25) is 4.79 Å². The molecular formula is C52H67FN2O7. The first-order chi connectivity index (χ1) is 30.2. The number of oxime groups is 1. The van der Waals surface area contributed by atoms with Crippen molar-refractivity contribution in [2.24, 2.45) is 28.8 Å². The number of hydrogen-bond acceptors (Lipinski definition) is 8. The number of carbonyl (C=O) groups excluding carboxylic acids is 1. The molecule has 62 heavy (non-hydrogen) atoms. The van der Waals surface area contributed by atoms with Gasteiger partial charge < -0.3 is 34.2 Å². The summed E-state index contributed by atoms with van der Waals surface area (Å²) < 4.78 is 35.6. The number of unbranched alkanes of at least 4 members (excludes halogenated alkanes) is 2. The van der Waals surface area contributed by atoms with Crippen molar-refractivity contribution in [3.8, 4) is 17.2 Å². The molecule has 10 heteroatoms. The van der Waals surface area contributed by atoms with Crippen LogP contribution in [0.1, 0.15) is 119 Å².